The fourth-order valence-corrected chi connectivity index (χ4v) is 4.22. The maximum atomic E-state index is 2.31. The van der Waals surface area contributed by atoms with Gasteiger partial charge in [-0.3, -0.25) is 0 Å². The van der Waals surface area contributed by atoms with E-state index in [9.17, 15) is 0 Å². The summed E-state index contributed by atoms with van der Waals surface area (Å²) in [6.45, 7) is 2.25. The van der Waals surface area contributed by atoms with Crippen molar-refractivity contribution in [1.82, 2.24) is 0 Å². The SMILES string of the molecule is CCCC1SC=C(c2ccccc2)S1. The molecule has 1 aromatic rings. The van der Waals surface area contributed by atoms with E-state index in [4.69, 9.17) is 0 Å². The molecule has 74 valence electrons. The lowest BCUT2D eigenvalue weighted by molar-refractivity contribution is 0.874. The summed E-state index contributed by atoms with van der Waals surface area (Å²) in [5.74, 6) is 0. The van der Waals surface area contributed by atoms with Gasteiger partial charge in [0.1, 0.15) is 0 Å². The van der Waals surface area contributed by atoms with E-state index in [-0.39, 0.29) is 0 Å². The van der Waals surface area contributed by atoms with Gasteiger partial charge in [-0.2, -0.15) is 0 Å². The largest absolute Gasteiger partial charge is 0.118 e. The van der Waals surface area contributed by atoms with E-state index in [0.29, 0.717) is 0 Å². The second-order valence-electron chi connectivity index (χ2n) is 3.32. The van der Waals surface area contributed by atoms with Gasteiger partial charge in [0.05, 0.1) is 4.58 Å². The maximum Gasteiger partial charge on any atom is 0.0591 e. The molecule has 2 heteroatoms. The first-order valence-corrected chi connectivity index (χ1v) is 6.80. The first kappa shape index (κ1) is 10.2. The Balaban J connectivity index is 2.02. The summed E-state index contributed by atoms with van der Waals surface area (Å²) in [6, 6.07) is 10.7. The Morgan fingerprint density at radius 2 is 2.00 bits per heavy atom. The number of benzene rings is 1. The van der Waals surface area contributed by atoms with Crippen LogP contribution in [0.15, 0.2) is 35.7 Å². The van der Waals surface area contributed by atoms with E-state index in [2.05, 4.69) is 42.7 Å². The summed E-state index contributed by atoms with van der Waals surface area (Å²) in [5.41, 5.74) is 1.36. The molecule has 0 saturated heterocycles. The predicted molar refractivity (Wildman–Crippen MR) is 68.3 cm³/mol. The summed E-state index contributed by atoms with van der Waals surface area (Å²) in [6.07, 6.45) is 2.59. The van der Waals surface area contributed by atoms with Gasteiger partial charge in [-0.25, -0.2) is 0 Å². The van der Waals surface area contributed by atoms with Crippen LogP contribution in [0.4, 0.5) is 0 Å². The van der Waals surface area contributed by atoms with E-state index >= 15 is 0 Å². The zero-order chi connectivity index (χ0) is 9.80. The average molecular weight is 222 g/mol. The summed E-state index contributed by atoms with van der Waals surface area (Å²) < 4.78 is 0.746. The minimum Gasteiger partial charge on any atom is -0.118 e. The van der Waals surface area contributed by atoms with Gasteiger partial charge in [0.25, 0.3) is 0 Å². The highest BCUT2D eigenvalue weighted by Crippen LogP contribution is 2.46. The minimum atomic E-state index is 0.746. The van der Waals surface area contributed by atoms with Crippen molar-refractivity contribution in [2.24, 2.45) is 0 Å². The topological polar surface area (TPSA) is 0 Å². The lowest BCUT2D eigenvalue weighted by atomic mass is 10.2. The molecule has 1 aliphatic rings. The molecule has 1 aliphatic heterocycles. The molecular weight excluding hydrogens is 208 g/mol. The van der Waals surface area contributed by atoms with Crippen molar-refractivity contribution < 1.29 is 0 Å². The molecule has 0 saturated carbocycles. The fraction of sp³-hybridized carbons (Fsp3) is 0.333. The molecule has 0 aromatic heterocycles. The molecule has 0 bridgehead atoms. The number of thioether (sulfide) groups is 2. The lowest BCUT2D eigenvalue weighted by Crippen LogP contribution is -1.89. The van der Waals surface area contributed by atoms with E-state index in [1.807, 2.05) is 23.5 Å². The van der Waals surface area contributed by atoms with Crippen LogP contribution in [0, 0.1) is 0 Å². The predicted octanol–water partition coefficient (Wildman–Crippen LogP) is 4.59. The molecule has 0 radical (unpaired) electrons. The molecule has 0 aliphatic carbocycles. The van der Waals surface area contributed by atoms with Crippen molar-refractivity contribution in [3.8, 4) is 0 Å². The summed E-state index contributed by atoms with van der Waals surface area (Å²) >= 11 is 3.98. The number of rotatable bonds is 3. The molecule has 0 amide bonds. The summed E-state index contributed by atoms with van der Waals surface area (Å²) in [4.78, 5) is 1.44. The van der Waals surface area contributed by atoms with Crippen molar-refractivity contribution in [2.75, 3.05) is 0 Å². The van der Waals surface area contributed by atoms with Crippen LogP contribution >= 0.6 is 23.5 Å². The molecule has 1 heterocycles. The fourth-order valence-electron chi connectivity index (χ4n) is 1.44. The van der Waals surface area contributed by atoms with Crippen LogP contribution < -0.4 is 0 Å². The molecule has 0 N–H and O–H groups in total. The van der Waals surface area contributed by atoms with Gasteiger partial charge in [0.15, 0.2) is 0 Å². The lowest BCUT2D eigenvalue weighted by Gasteiger charge is -2.06. The summed E-state index contributed by atoms with van der Waals surface area (Å²) in [5, 5.41) is 2.31. The van der Waals surface area contributed by atoms with Gasteiger partial charge >= 0.3 is 0 Å². The smallest absolute Gasteiger partial charge is 0.0591 e. The molecule has 0 nitrogen and oxygen atoms in total. The van der Waals surface area contributed by atoms with Gasteiger partial charge < -0.3 is 0 Å². The zero-order valence-corrected chi connectivity index (χ0v) is 9.91. The van der Waals surface area contributed by atoms with Crippen LogP contribution in [0.5, 0.6) is 0 Å². The highest BCUT2D eigenvalue weighted by Gasteiger charge is 2.18. The second kappa shape index (κ2) is 4.94. The third-order valence-electron chi connectivity index (χ3n) is 2.17. The van der Waals surface area contributed by atoms with Gasteiger partial charge in [0, 0.05) is 4.91 Å². The zero-order valence-electron chi connectivity index (χ0n) is 8.27. The molecular formula is C12H14S2. The van der Waals surface area contributed by atoms with E-state index in [0.717, 1.165) is 4.58 Å². The van der Waals surface area contributed by atoms with E-state index < -0.39 is 0 Å². The molecule has 1 atom stereocenters. The Morgan fingerprint density at radius 1 is 1.21 bits per heavy atom. The van der Waals surface area contributed by atoms with Crippen LogP contribution in [0.25, 0.3) is 4.91 Å². The Kier molecular flexibility index (Phi) is 3.60. The Morgan fingerprint density at radius 3 is 2.71 bits per heavy atom. The van der Waals surface area contributed by atoms with Crippen molar-refractivity contribution in [3.63, 3.8) is 0 Å². The molecule has 0 fully saturated rings. The Hall–Kier alpha value is -0.340. The molecule has 0 spiro atoms. The van der Waals surface area contributed by atoms with Crippen LogP contribution in [-0.2, 0) is 0 Å². The number of hydrogen-bond acceptors (Lipinski definition) is 2. The Labute approximate surface area is 94.2 Å². The van der Waals surface area contributed by atoms with Crippen molar-refractivity contribution in [2.45, 2.75) is 24.3 Å². The second-order valence-corrected chi connectivity index (χ2v) is 5.94. The maximum absolute atomic E-state index is 2.31. The summed E-state index contributed by atoms with van der Waals surface area (Å²) in [7, 11) is 0. The van der Waals surface area contributed by atoms with E-state index in [1.54, 1.807) is 0 Å². The highest BCUT2D eigenvalue weighted by molar-refractivity contribution is 8.26. The van der Waals surface area contributed by atoms with Gasteiger partial charge in [-0.1, -0.05) is 43.7 Å². The molecule has 2 rings (SSSR count). The highest BCUT2D eigenvalue weighted by atomic mass is 32.2. The van der Waals surface area contributed by atoms with Gasteiger partial charge in [0.2, 0.25) is 0 Å². The normalized spacial score (nSPS) is 20.9. The first-order valence-electron chi connectivity index (χ1n) is 4.98. The standard InChI is InChI=1S/C12H14S2/c1-2-6-12-13-9-11(14-12)10-7-4-3-5-8-10/h3-5,7-9,12H,2,6H2,1H3. The molecule has 14 heavy (non-hydrogen) atoms. The van der Waals surface area contributed by atoms with Gasteiger partial charge in [-0.05, 0) is 17.4 Å². The van der Waals surface area contributed by atoms with Crippen LogP contribution in [0.2, 0.25) is 0 Å². The Bertz CT molecular complexity index is 316. The minimum absolute atomic E-state index is 0.746. The van der Waals surface area contributed by atoms with Gasteiger partial charge in [-0.15, -0.1) is 23.5 Å². The number of hydrogen-bond donors (Lipinski definition) is 0. The third-order valence-corrected chi connectivity index (χ3v) is 4.96. The average Bonchev–Trinajstić information content (AvgIpc) is 2.68. The van der Waals surface area contributed by atoms with Crippen LogP contribution in [0.1, 0.15) is 25.3 Å². The molecule has 1 unspecified atom stereocenters. The monoisotopic (exact) mass is 222 g/mol. The third kappa shape index (κ3) is 2.37. The van der Waals surface area contributed by atoms with Crippen molar-refractivity contribution in [1.29, 1.82) is 0 Å². The van der Waals surface area contributed by atoms with E-state index in [1.165, 1.54) is 23.3 Å². The molecule has 1 aromatic carbocycles. The van der Waals surface area contributed by atoms with Crippen LogP contribution in [0.3, 0.4) is 0 Å². The van der Waals surface area contributed by atoms with Crippen molar-refractivity contribution in [3.05, 3.63) is 41.3 Å². The quantitative estimate of drug-likeness (QED) is 0.733. The first-order chi connectivity index (χ1) is 6.90. The van der Waals surface area contributed by atoms with Crippen molar-refractivity contribution >= 4 is 28.4 Å². The van der Waals surface area contributed by atoms with Crippen LogP contribution in [-0.4, -0.2) is 4.58 Å².